The summed E-state index contributed by atoms with van der Waals surface area (Å²) in [5.41, 5.74) is 0.586. The van der Waals surface area contributed by atoms with Crippen LogP contribution in [0.2, 0.25) is 0 Å². The maximum absolute atomic E-state index is 10.9. The van der Waals surface area contributed by atoms with Crippen LogP contribution in [0.1, 0.15) is 15.5 Å². The highest BCUT2D eigenvalue weighted by atomic mass is 32.1. The molecule has 0 bridgehead atoms. The summed E-state index contributed by atoms with van der Waals surface area (Å²) in [4.78, 5) is 18.9. The smallest absolute Gasteiger partial charge is 0.356 e. The molecule has 0 spiro atoms. The number of aromatic nitrogens is 2. The zero-order valence-corrected chi connectivity index (χ0v) is 9.78. The van der Waals surface area contributed by atoms with E-state index in [2.05, 4.69) is 15.3 Å². The molecule has 88 valence electrons. The van der Waals surface area contributed by atoms with Gasteiger partial charge in [-0.05, 0) is 12.1 Å². The van der Waals surface area contributed by atoms with Crippen molar-refractivity contribution in [2.75, 3.05) is 11.9 Å². The summed E-state index contributed by atoms with van der Waals surface area (Å²) in [5, 5.41) is 14.9. The predicted molar refractivity (Wildman–Crippen MR) is 65.5 cm³/mol. The SMILES string of the molecule is O=C(O)c1ncccc1NCCc1nccs1. The van der Waals surface area contributed by atoms with Crippen LogP contribution in [0.25, 0.3) is 0 Å². The number of thiazole rings is 1. The van der Waals surface area contributed by atoms with Crippen molar-refractivity contribution in [3.8, 4) is 0 Å². The van der Waals surface area contributed by atoms with Crippen molar-refractivity contribution in [1.29, 1.82) is 0 Å². The van der Waals surface area contributed by atoms with Crippen LogP contribution < -0.4 is 5.32 Å². The second-order valence-electron chi connectivity index (χ2n) is 3.31. The van der Waals surface area contributed by atoms with Crippen molar-refractivity contribution >= 4 is 23.0 Å². The summed E-state index contributed by atoms with van der Waals surface area (Å²) in [7, 11) is 0. The molecule has 0 aliphatic rings. The fraction of sp³-hybridized carbons (Fsp3) is 0.182. The molecule has 2 rings (SSSR count). The third-order valence-electron chi connectivity index (χ3n) is 2.15. The van der Waals surface area contributed by atoms with Crippen LogP contribution in [0.4, 0.5) is 5.69 Å². The van der Waals surface area contributed by atoms with Crippen molar-refractivity contribution in [1.82, 2.24) is 9.97 Å². The lowest BCUT2D eigenvalue weighted by Gasteiger charge is -2.07. The number of aromatic carboxylic acids is 1. The Morgan fingerprint density at radius 1 is 1.41 bits per heavy atom. The van der Waals surface area contributed by atoms with E-state index in [0.717, 1.165) is 11.4 Å². The molecule has 0 unspecified atom stereocenters. The van der Waals surface area contributed by atoms with Crippen LogP contribution in [0.3, 0.4) is 0 Å². The molecule has 0 saturated heterocycles. The van der Waals surface area contributed by atoms with Gasteiger partial charge in [0.15, 0.2) is 5.69 Å². The lowest BCUT2D eigenvalue weighted by molar-refractivity contribution is 0.0691. The van der Waals surface area contributed by atoms with Gasteiger partial charge in [0.2, 0.25) is 0 Å². The summed E-state index contributed by atoms with van der Waals surface area (Å²) >= 11 is 1.59. The number of carboxylic acids is 1. The van der Waals surface area contributed by atoms with E-state index in [1.165, 1.54) is 6.20 Å². The number of rotatable bonds is 5. The van der Waals surface area contributed by atoms with Gasteiger partial charge in [0, 0.05) is 30.7 Å². The van der Waals surface area contributed by atoms with Crippen LogP contribution in [0.5, 0.6) is 0 Å². The van der Waals surface area contributed by atoms with Crippen molar-refractivity contribution in [2.24, 2.45) is 0 Å². The molecule has 0 fully saturated rings. The molecule has 0 saturated carbocycles. The van der Waals surface area contributed by atoms with Crippen LogP contribution in [-0.4, -0.2) is 27.6 Å². The molecule has 0 aliphatic carbocycles. The first-order chi connectivity index (χ1) is 8.27. The highest BCUT2D eigenvalue weighted by molar-refractivity contribution is 7.09. The van der Waals surface area contributed by atoms with E-state index in [4.69, 9.17) is 5.11 Å². The maximum Gasteiger partial charge on any atom is 0.356 e. The predicted octanol–water partition coefficient (Wildman–Crippen LogP) is 1.89. The molecule has 2 aromatic heterocycles. The average molecular weight is 249 g/mol. The van der Waals surface area contributed by atoms with Crippen LogP contribution in [0, 0.1) is 0 Å². The molecule has 0 amide bonds. The van der Waals surface area contributed by atoms with Gasteiger partial charge in [-0.2, -0.15) is 0 Å². The van der Waals surface area contributed by atoms with Crippen molar-refractivity contribution < 1.29 is 9.90 Å². The molecule has 0 radical (unpaired) electrons. The van der Waals surface area contributed by atoms with Gasteiger partial charge in [-0.25, -0.2) is 14.8 Å². The minimum Gasteiger partial charge on any atom is -0.476 e. The average Bonchev–Trinajstić information content (AvgIpc) is 2.82. The van der Waals surface area contributed by atoms with Gasteiger partial charge < -0.3 is 10.4 Å². The van der Waals surface area contributed by atoms with E-state index in [9.17, 15) is 4.79 Å². The topological polar surface area (TPSA) is 75.1 Å². The second-order valence-corrected chi connectivity index (χ2v) is 4.29. The third kappa shape index (κ3) is 3.01. The van der Waals surface area contributed by atoms with E-state index >= 15 is 0 Å². The Morgan fingerprint density at radius 3 is 3.00 bits per heavy atom. The summed E-state index contributed by atoms with van der Waals surface area (Å²) in [6, 6.07) is 3.41. The number of hydrogen-bond donors (Lipinski definition) is 2. The maximum atomic E-state index is 10.9. The largest absolute Gasteiger partial charge is 0.476 e. The number of nitrogens with one attached hydrogen (secondary N) is 1. The molecule has 0 atom stereocenters. The van der Waals surface area contributed by atoms with E-state index in [1.54, 1.807) is 29.7 Å². The molecule has 0 aromatic carbocycles. The fourth-order valence-electron chi connectivity index (χ4n) is 1.40. The Balaban J connectivity index is 1.97. The molecule has 2 aromatic rings. The second kappa shape index (κ2) is 5.40. The standard InChI is InChI=1S/C11H11N3O2S/c15-11(16)10-8(2-1-4-14-10)12-5-3-9-13-6-7-17-9/h1-2,4,6-7,12H,3,5H2,(H,15,16). The molecule has 17 heavy (non-hydrogen) atoms. The Hall–Kier alpha value is -1.95. The monoisotopic (exact) mass is 249 g/mol. The minimum atomic E-state index is -1.03. The van der Waals surface area contributed by atoms with Gasteiger partial charge in [0.05, 0.1) is 10.7 Å². The van der Waals surface area contributed by atoms with Crippen LogP contribution in [0.15, 0.2) is 29.9 Å². The Labute approximate surface area is 102 Å². The van der Waals surface area contributed by atoms with Gasteiger partial charge >= 0.3 is 5.97 Å². The molecule has 6 heteroatoms. The van der Waals surface area contributed by atoms with Crippen LogP contribution >= 0.6 is 11.3 Å². The molecule has 5 nitrogen and oxygen atoms in total. The highest BCUT2D eigenvalue weighted by Gasteiger charge is 2.10. The number of carboxylic acid groups (broad SMARTS) is 1. The number of carbonyl (C=O) groups is 1. The van der Waals surface area contributed by atoms with Crippen molar-refractivity contribution in [3.05, 3.63) is 40.6 Å². The summed E-state index contributed by atoms with van der Waals surface area (Å²) < 4.78 is 0. The van der Waals surface area contributed by atoms with Crippen LogP contribution in [-0.2, 0) is 6.42 Å². The lowest BCUT2D eigenvalue weighted by atomic mass is 10.3. The van der Waals surface area contributed by atoms with Crippen molar-refractivity contribution in [3.63, 3.8) is 0 Å². The fourth-order valence-corrected chi connectivity index (χ4v) is 2.02. The van der Waals surface area contributed by atoms with Gasteiger partial charge in [0.25, 0.3) is 0 Å². The van der Waals surface area contributed by atoms with E-state index < -0.39 is 5.97 Å². The number of pyridine rings is 1. The first kappa shape index (κ1) is 11.5. The van der Waals surface area contributed by atoms with E-state index in [1.807, 2.05) is 5.38 Å². The minimum absolute atomic E-state index is 0.0478. The third-order valence-corrected chi connectivity index (χ3v) is 2.99. The lowest BCUT2D eigenvalue weighted by Crippen LogP contribution is -2.10. The zero-order chi connectivity index (χ0) is 12.1. The van der Waals surface area contributed by atoms with Gasteiger partial charge in [-0.15, -0.1) is 11.3 Å². The number of nitrogens with zero attached hydrogens (tertiary/aromatic N) is 2. The number of anilines is 1. The molecule has 2 N–H and O–H groups in total. The number of hydrogen-bond acceptors (Lipinski definition) is 5. The van der Waals surface area contributed by atoms with E-state index in [0.29, 0.717) is 12.2 Å². The quantitative estimate of drug-likeness (QED) is 0.846. The molecular weight excluding hydrogens is 238 g/mol. The van der Waals surface area contributed by atoms with E-state index in [-0.39, 0.29) is 5.69 Å². The summed E-state index contributed by atoms with van der Waals surface area (Å²) in [5.74, 6) is -1.03. The Bertz CT molecular complexity index is 499. The van der Waals surface area contributed by atoms with Gasteiger partial charge in [0.1, 0.15) is 0 Å². The zero-order valence-electron chi connectivity index (χ0n) is 8.96. The summed E-state index contributed by atoms with van der Waals surface area (Å²) in [6.45, 7) is 0.638. The van der Waals surface area contributed by atoms with Gasteiger partial charge in [-0.3, -0.25) is 0 Å². The van der Waals surface area contributed by atoms with Crippen molar-refractivity contribution in [2.45, 2.75) is 6.42 Å². The molecule has 0 aliphatic heterocycles. The molecular formula is C11H11N3O2S. The first-order valence-electron chi connectivity index (χ1n) is 5.08. The Kier molecular flexibility index (Phi) is 3.66. The highest BCUT2D eigenvalue weighted by Crippen LogP contribution is 2.12. The van der Waals surface area contributed by atoms with Gasteiger partial charge in [-0.1, -0.05) is 0 Å². The Morgan fingerprint density at radius 2 is 2.29 bits per heavy atom. The normalized spacial score (nSPS) is 10.1. The molecule has 2 heterocycles. The summed E-state index contributed by atoms with van der Waals surface area (Å²) in [6.07, 6.45) is 3.99. The first-order valence-corrected chi connectivity index (χ1v) is 5.96.